The molecule has 1 atom stereocenters. The minimum atomic E-state index is -0.300. The molecular weight excluding hydrogens is 218 g/mol. The van der Waals surface area contributed by atoms with Gasteiger partial charge in [-0.3, -0.25) is 4.79 Å². The molecule has 0 aromatic heterocycles. The monoisotopic (exact) mass is 239 g/mol. The number of hydrogen-bond acceptors (Lipinski definition) is 3. The average Bonchev–Trinajstić information content (AvgIpc) is 2.70. The number of carbonyl (C=O) groups is 2. The van der Waals surface area contributed by atoms with E-state index in [2.05, 4.69) is 11.7 Å². The number of hydrogen-bond donors (Lipinski definition) is 0. The van der Waals surface area contributed by atoms with Crippen molar-refractivity contribution in [1.82, 2.24) is 4.90 Å². The van der Waals surface area contributed by atoms with E-state index in [4.69, 9.17) is 0 Å². The van der Waals surface area contributed by atoms with Crippen LogP contribution in [0.25, 0.3) is 0 Å². The Labute approximate surface area is 103 Å². The zero-order valence-electron chi connectivity index (χ0n) is 10.9. The highest BCUT2D eigenvalue weighted by Gasteiger charge is 2.27. The normalized spacial score (nSPS) is 20.9. The predicted octanol–water partition coefficient (Wildman–Crippen LogP) is 1.75. The van der Waals surface area contributed by atoms with Gasteiger partial charge in [-0.1, -0.05) is 26.3 Å². The van der Waals surface area contributed by atoms with E-state index in [9.17, 15) is 9.59 Å². The second-order valence-corrected chi connectivity index (χ2v) is 4.35. The third-order valence-corrected chi connectivity index (χ3v) is 3.26. The van der Waals surface area contributed by atoms with Crippen molar-refractivity contribution in [2.45, 2.75) is 33.1 Å². The summed E-state index contributed by atoms with van der Waals surface area (Å²) in [5, 5.41) is 0. The molecule has 0 saturated carbocycles. The summed E-state index contributed by atoms with van der Waals surface area (Å²) in [5.74, 6) is 0.360. The number of methoxy groups -OCH3 is 1. The molecule has 1 aliphatic rings. The van der Waals surface area contributed by atoms with Crippen LogP contribution in [0.2, 0.25) is 0 Å². The maximum absolute atomic E-state index is 11.7. The number of amides is 1. The van der Waals surface area contributed by atoms with Gasteiger partial charge in [0, 0.05) is 25.1 Å². The van der Waals surface area contributed by atoms with Crippen molar-refractivity contribution in [3.8, 4) is 0 Å². The minimum Gasteiger partial charge on any atom is -0.466 e. The first kappa shape index (κ1) is 13.7. The van der Waals surface area contributed by atoms with Crippen molar-refractivity contribution in [3.63, 3.8) is 0 Å². The fourth-order valence-corrected chi connectivity index (χ4v) is 2.03. The molecule has 1 fully saturated rings. The fraction of sp³-hybridized carbons (Fsp3) is 0.692. The number of esters is 1. The lowest BCUT2D eigenvalue weighted by Gasteiger charge is -2.14. The van der Waals surface area contributed by atoms with Gasteiger partial charge in [0.1, 0.15) is 0 Å². The number of ether oxygens (including phenoxy) is 1. The molecule has 1 saturated heterocycles. The van der Waals surface area contributed by atoms with Gasteiger partial charge in [-0.2, -0.15) is 0 Å². The standard InChI is InChI=1S/C13H21NO3/c1-4-10-8-12(15)14(9-10)7-6-11(5-2)13(16)17-3/h6,10H,4-5,7-9H2,1-3H3. The van der Waals surface area contributed by atoms with Crippen LogP contribution in [0.4, 0.5) is 0 Å². The van der Waals surface area contributed by atoms with Crippen molar-refractivity contribution >= 4 is 11.9 Å². The molecule has 96 valence electrons. The first-order chi connectivity index (χ1) is 8.12. The smallest absolute Gasteiger partial charge is 0.333 e. The lowest BCUT2D eigenvalue weighted by molar-refractivity contribution is -0.136. The van der Waals surface area contributed by atoms with E-state index >= 15 is 0 Å². The van der Waals surface area contributed by atoms with E-state index in [-0.39, 0.29) is 11.9 Å². The number of likely N-dealkylation sites (tertiary alicyclic amines) is 1. The molecule has 1 amide bonds. The molecule has 17 heavy (non-hydrogen) atoms. The molecule has 4 nitrogen and oxygen atoms in total. The molecule has 1 unspecified atom stereocenters. The molecule has 0 aromatic rings. The Balaban J connectivity index is 2.57. The molecular formula is C13H21NO3. The van der Waals surface area contributed by atoms with E-state index < -0.39 is 0 Å². The molecule has 1 heterocycles. The van der Waals surface area contributed by atoms with Crippen LogP contribution in [0.1, 0.15) is 33.1 Å². The topological polar surface area (TPSA) is 46.6 Å². The van der Waals surface area contributed by atoms with E-state index in [1.165, 1.54) is 7.11 Å². The van der Waals surface area contributed by atoms with Crippen LogP contribution < -0.4 is 0 Å². The van der Waals surface area contributed by atoms with Crippen LogP contribution in [0.5, 0.6) is 0 Å². The van der Waals surface area contributed by atoms with E-state index in [0.29, 0.717) is 30.9 Å². The summed E-state index contributed by atoms with van der Waals surface area (Å²) < 4.78 is 4.68. The quantitative estimate of drug-likeness (QED) is 0.542. The van der Waals surface area contributed by atoms with Crippen LogP contribution >= 0.6 is 0 Å². The van der Waals surface area contributed by atoms with Crippen molar-refractivity contribution in [2.75, 3.05) is 20.2 Å². The Morgan fingerprint density at radius 1 is 1.53 bits per heavy atom. The summed E-state index contributed by atoms with van der Waals surface area (Å²) in [6.07, 6.45) is 4.11. The number of carbonyl (C=O) groups excluding carboxylic acids is 2. The maximum Gasteiger partial charge on any atom is 0.333 e. The largest absolute Gasteiger partial charge is 0.466 e. The van der Waals surface area contributed by atoms with Gasteiger partial charge in [0.25, 0.3) is 0 Å². The zero-order chi connectivity index (χ0) is 12.8. The first-order valence-electron chi connectivity index (χ1n) is 6.17. The van der Waals surface area contributed by atoms with Crippen LogP contribution in [0, 0.1) is 5.92 Å². The SMILES string of the molecule is CCC(=CCN1CC(CC)CC1=O)C(=O)OC. The van der Waals surface area contributed by atoms with Crippen molar-refractivity contribution in [3.05, 3.63) is 11.6 Å². The Hall–Kier alpha value is -1.32. The van der Waals surface area contributed by atoms with Gasteiger partial charge < -0.3 is 9.64 Å². The van der Waals surface area contributed by atoms with E-state index in [1.807, 2.05) is 17.9 Å². The summed E-state index contributed by atoms with van der Waals surface area (Å²) in [5.41, 5.74) is 0.639. The Morgan fingerprint density at radius 3 is 2.71 bits per heavy atom. The molecule has 0 bridgehead atoms. The maximum atomic E-state index is 11.7. The molecule has 0 spiro atoms. The van der Waals surface area contributed by atoms with Gasteiger partial charge in [0.2, 0.25) is 5.91 Å². The van der Waals surface area contributed by atoms with Crippen LogP contribution in [-0.4, -0.2) is 37.0 Å². The van der Waals surface area contributed by atoms with Crippen LogP contribution in [0.15, 0.2) is 11.6 Å². The molecule has 0 aliphatic carbocycles. The first-order valence-corrected chi connectivity index (χ1v) is 6.17. The molecule has 1 aliphatic heterocycles. The molecule has 0 aromatic carbocycles. The highest BCUT2D eigenvalue weighted by atomic mass is 16.5. The van der Waals surface area contributed by atoms with Crippen LogP contribution in [0.3, 0.4) is 0 Å². The van der Waals surface area contributed by atoms with Gasteiger partial charge in [-0.05, 0) is 12.3 Å². The summed E-state index contributed by atoms with van der Waals surface area (Å²) in [7, 11) is 1.37. The Kier molecular flexibility index (Phi) is 5.19. The molecule has 1 rings (SSSR count). The van der Waals surface area contributed by atoms with E-state index in [0.717, 1.165) is 13.0 Å². The summed E-state index contributed by atoms with van der Waals surface area (Å²) in [6, 6.07) is 0. The number of rotatable bonds is 5. The molecule has 0 N–H and O–H groups in total. The third-order valence-electron chi connectivity index (χ3n) is 3.26. The highest BCUT2D eigenvalue weighted by Crippen LogP contribution is 2.20. The van der Waals surface area contributed by atoms with Crippen molar-refractivity contribution < 1.29 is 14.3 Å². The van der Waals surface area contributed by atoms with Crippen molar-refractivity contribution in [1.29, 1.82) is 0 Å². The average molecular weight is 239 g/mol. The molecule has 4 heteroatoms. The number of nitrogens with zero attached hydrogens (tertiary/aromatic N) is 1. The second-order valence-electron chi connectivity index (χ2n) is 4.35. The molecule has 0 radical (unpaired) electrons. The van der Waals surface area contributed by atoms with Gasteiger partial charge >= 0.3 is 5.97 Å². The zero-order valence-corrected chi connectivity index (χ0v) is 10.9. The van der Waals surface area contributed by atoms with E-state index in [1.54, 1.807) is 0 Å². The highest BCUT2D eigenvalue weighted by molar-refractivity contribution is 5.88. The third kappa shape index (κ3) is 3.58. The van der Waals surface area contributed by atoms with Crippen LogP contribution in [-0.2, 0) is 14.3 Å². The second kappa shape index (κ2) is 6.42. The van der Waals surface area contributed by atoms with Gasteiger partial charge in [-0.15, -0.1) is 0 Å². The van der Waals surface area contributed by atoms with Gasteiger partial charge in [0.15, 0.2) is 0 Å². The lowest BCUT2D eigenvalue weighted by Crippen LogP contribution is -2.25. The van der Waals surface area contributed by atoms with Gasteiger partial charge in [-0.25, -0.2) is 4.79 Å². The van der Waals surface area contributed by atoms with Crippen molar-refractivity contribution in [2.24, 2.45) is 5.92 Å². The van der Waals surface area contributed by atoms with Gasteiger partial charge in [0.05, 0.1) is 7.11 Å². The fourth-order valence-electron chi connectivity index (χ4n) is 2.03. The lowest BCUT2D eigenvalue weighted by atomic mass is 10.1. The Morgan fingerprint density at radius 2 is 2.24 bits per heavy atom. The summed E-state index contributed by atoms with van der Waals surface area (Å²) in [6.45, 7) is 5.34. The minimum absolute atomic E-state index is 0.188. The predicted molar refractivity (Wildman–Crippen MR) is 65.4 cm³/mol. The summed E-state index contributed by atoms with van der Waals surface area (Å²) >= 11 is 0. The summed E-state index contributed by atoms with van der Waals surface area (Å²) in [4.78, 5) is 24.8. The Bertz CT molecular complexity index is 323.